The van der Waals surface area contributed by atoms with Crippen LogP contribution in [0.3, 0.4) is 0 Å². The van der Waals surface area contributed by atoms with Gasteiger partial charge in [0.05, 0.1) is 0 Å². The molecule has 1 aromatic heterocycles. The molecule has 2 aromatic rings. The van der Waals surface area contributed by atoms with Crippen LogP contribution in [0.4, 0.5) is 0 Å². The van der Waals surface area contributed by atoms with Crippen molar-refractivity contribution in [2.75, 3.05) is 7.05 Å². The Balaban J connectivity index is 2.14. The fourth-order valence-electron chi connectivity index (χ4n) is 1.98. The number of hydrogen-bond acceptors (Lipinski definition) is 4. The van der Waals surface area contributed by atoms with E-state index in [1.165, 1.54) is 6.07 Å². The molecule has 0 aliphatic carbocycles. The van der Waals surface area contributed by atoms with E-state index in [-0.39, 0.29) is 11.1 Å². The van der Waals surface area contributed by atoms with Gasteiger partial charge < -0.3 is 5.32 Å². The monoisotopic (exact) mass is 305 g/mol. The van der Waals surface area contributed by atoms with Crippen molar-refractivity contribution < 1.29 is 8.42 Å². The number of nitrogens with one attached hydrogen (secondary N) is 2. The molecule has 0 amide bonds. The van der Waals surface area contributed by atoms with E-state index >= 15 is 0 Å². The fourth-order valence-corrected chi connectivity index (χ4v) is 3.14. The minimum atomic E-state index is -3.62. The van der Waals surface area contributed by atoms with Crippen molar-refractivity contribution in [3.8, 4) is 0 Å². The van der Waals surface area contributed by atoms with Crippen LogP contribution in [0.25, 0.3) is 0 Å². The summed E-state index contributed by atoms with van der Waals surface area (Å²) in [4.78, 5) is 4.03. The molecule has 0 saturated carbocycles. The van der Waals surface area contributed by atoms with Gasteiger partial charge in [-0.2, -0.15) is 0 Å². The van der Waals surface area contributed by atoms with E-state index in [0.717, 1.165) is 11.1 Å². The lowest BCUT2D eigenvalue weighted by molar-refractivity contribution is 0.563. The number of hydrogen-bond donors (Lipinski definition) is 2. The molecule has 2 N–H and O–H groups in total. The van der Waals surface area contributed by atoms with Gasteiger partial charge in [-0.1, -0.05) is 36.4 Å². The summed E-state index contributed by atoms with van der Waals surface area (Å²) >= 11 is 0. The van der Waals surface area contributed by atoms with Crippen LogP contribution in [0.15, 0.2) is 53.7 Å². The third kappa shape index (κ3) is 4.10. The van der Waals surface area contributed by atoms with Crippen LogP contribution in [0, 0.1) is 0 Å². The fraction of sp³-hybridized carbons (Fsp3) is 0.267. The SMILES string of the molecule is CNCc1ccc(S(=O)(=O)NC(C)c2ccccc2)nc1. The molecule has 6 heteroatoms. The Bertz CT molecular complexity index is 670. The molecule has 1 unspecified atom stereocenters. The summed E-state index contributed by atoms with van der Waals surface area (Å²) in [7, 11) is -1.79. The quantitative estimate of drug-likeness (QED) is 0.854. The number of aromatic nitrogens is 1. The average molecular weight is 305 g/mol. The molecule has 112 valence electrons. The lowest BCUT2D eigenvalue weighted by atomic mass is 10.1. The Labute approximate surface area is 125 Å². The molecule has 0 aliphatic heterocycles. The molecule has 21 heavy (non-hydrogen) atoms. The van der Waals surface area contributed by atoms with E-state index in [9.17, 15) is 8.42 Å². The van der Waals surface area contributed by atoms with Gasteiger partial charge in [0, 0.05) is 18.8 Å². The number of rotatable bonds is 6. The number of pyridine rings is 1. The Hall–Kier alpha value is -1.76. The highest BCUT2D eigenvalue weighted by molar-refractivity contribution is 7.89. The third-order valence-corrected chi connectivity index (χ3v) is 4.54. The van der Waals surface area contributed by atoms with E-state index in [1.807, 2.05) is 44.3 Å². The summed E-state index contributed by atoms with van der Waals surface area (Å²) in [6.45, 7) is 2.46. The summed E-state index contributed by atoms with van der Waals surface area (Å²) in [6, 6.07) is 12.4. The molecule has 5 nitrogen and oxygen atoms in total. The maximum Gasteiger partial charge on any atom is 0.258 e. The first-order valence-corrected chi connectivity index (χ1v) is 8.18. The molecule has 1 heterocycles. The van der Waals surface area contributed by atoms with Gasteiger partial charge in [0.1, 0.15) is 0 Å². The highest BCUT2D eigenvalue weighted by Crippen LogP contribution is 2.15. The van der Waals surface area contributed by atoms with Crippen molar-refractivity contribution in [1.82, 2.24) is 15.0 Å². The predicted molar refractivity (Wildman–Crippen MR) is 82.2 cm³/mol. The average Bonchev–Trinajstić information content (AvgIpc) is 2.48. The van der Waals surface area contributed by atoms with Crippen LogP contribution < -0.4 is 10.0 Å². The molecule has 0 spiro atoms. The zero-order valence-electron chi connectivity index (χ0n) is 12.1. The zero-order valence-corrected chi connectivity index (χ0v) is 12.9. The van der Waals surface area contributed by atoms with E-state index in [0.29, 0.717) is 6.54 Å². The van der Waals surface area contributed by atoms with E-state index in [1.54, 1.807) is 12.3 Å². The van der Waals surface area contributed by atoms with Gasteiger partial charge in [0.25, 0.3) is 10.0 Å². The van der Waals surface area contributed by atoms with Crippen molar-refractivity contribution in [3.63, 3.8) is 0 Å². The number of nitrogens with zero attached hydrogens (tertiary/aromatic N) is 1. The van der Waals surface area contributed by atoms with E-state index in [4.69, 9.17) is 0 Å². The van der Waals surface area contributed by atoms with Crippen molar-refractivity contribution in [1.29, 1.82) is 0 Å². The largest absolute Gasteiger partial charge is 0.316 e. The minimum absolute atomic E-state index is 0.0325. The van der Waals surface area contributed by atoms with Gasteiger partial charge in [0.2, 0.25) is 0 Å². The number of benzene rings is 1. The Morgan fingerprint density at radius 2 is 1.86 bits per heavy atom. The van der Waals surface area contributed by atoms with Gasteiger partial charge in [-0.05, 0) is 31.2 Å². The first-order valence-electron chi connectivity index (χ1n) is 6.70. The topological polar surface area (TPSA) is 71.1 Å². The number of sulfonamides is 1. The molecule has 0 radical (unpaired) electrons. The second-order valence-electron chi connectivity index (χ2n) is 4.79. The smallest absolute Gasteiger partial charge is 0.258 e. The van der Waals surface area contributed by atoms with Crippen molar-refractivity contribution in [3.05, 3.63) is 59.8 Å². The first kappa shape index (κ1) is 15.6. The maximum atomic E-state index is 12.3. The summed E-state index contributed by atoms with van der Waals surface area (Å²) in [6.07, 6.45) is 1.57. The lowest BCUT2D eigenvalue weighted by Crippen LogP contribution is -2.27. The third-order valence-electron chi connectivity index (χ3n) is 3.09. The molecule has 1 atom stereocenters. The lowest BCUT2D eigenvalue weighted by Gasteiger charge is -2.14. The van der Waals surface area contributed by atoms with Gasteiger partial charge >= 0.3 is 0 Å². The molecular formula is C15H19N3O2S. The van der Waals surface area contributed by atoms with Crippen molar-refractivity contribution in [2.24, 2.45) is 0 Å². The van der Waals surface area contributed by atoms with E-state index < -0.39 is 10.0 Å². The van der Waals surface area contributed by atoms with Crippen molar-refractivity contribution in [2.45, 2.75) is 24.5 Å². The van der Waals surface area contributed by atoms with Crippen LogP contribution in [-0.4, -0.2) is 20.4 Å². The summed E-state index contributed by atoms with van der Waals surface area (Å²) in [5.41, 5.74) is 1.85. The van der Waals surface area contributed by atoms with Crippen molar-refractivity contribution >= 4 is 10.0 Å². The van der Waals surface area contributed by atoms with Crippen LogP contribution in [0.1, 0.15) is 24.1 Å². The molecular weight excluding hydrogens is 286 g/mol. The second-order valence-corrected chi connectivity index (χ2v) is 6.45. The van der Waals surface area contributed by atoms with Gasteiger partial charge in [0.15, 0.2) is 5.03 Å². The van der Waals surface area contributed by atoms with E-state index in [2.05, 4.69) is 15.0 Å². The molecule has 0 saturated heterocycles. The minimum Gasteiger partial charge on any atom is -0.316 e. The molecule has 0 bridgehead atoms. The molecule has 2 rings (SSSR count). The van der Waals surface area contributed by atoms with Crippen LogP contribution in [-0.2, 0) is 16.6 Å². The first-order chi connectivity index (χ1) is 10.0. The summed E-state index contributed by atoms with van der Waals surface area (Å²) in [5.74, 6) is 0. The molecule has 0 fully saturated rings. The van der Waals surface area contributed by atoms with Crippen LogP contribution in [0.5, 0.6) is 0 Å². The van der Waals surface area contributed by atoms with Crippen LogP contribution in [0.2, 0.25) is 0 Å². The van der Waals surface area contributed by atoms with Gasteiger partial charge in [-0.3, -0.25) is 0 Å². The Kier molecular flexibility index (Phi) is 5.06. The van der Waals surface area contributed by atoms with Crippen LogP contribution >= 0.6 is 0 Å². The summed E-state index contributed by atoms with van der Waals surface area (Å²) < 4.78 is 27.2. The Morgan fingerprint density at radius 3 is 2.43 bits per heavy atom. The highest BCUT2D eigenvalue weighted by Gasteiger charge is 2.19. The van der Waals surface area contributed by atoms with Gasteiger partial charge in [-0.25, -0.2) is 18.1 Å². The normalized spacial score (nSPS) is 13.0. The highest BCUT2D eigenvalue weighted by atomic mass is 32.2. The zero-order chi connectivity index (χ0) is 15.3. The predicted octanol–water partition coefficient (Wildman–Crippen LogP) is 1.84. The summed E-state index contributed by atoms with van der Waals surface area (Å²) in [5, 5.41) is 3.02. The second kappa shape index (κ2) is 6.80. The Morgan fingerprint density at radius 1 is 1.14 bits per heavy atom. The van der Waals surface area contributed by atoms with Gasteiger partial charge in [-0.15, -0.1) is 0 Å². The maximum absolute atomic E-state index is 12.3. The molecule has 1 aromatic carbocycles. The standard InChI is InChI=1S/C15H19N3O2S/c1-12(14-6-4-3-5-7-14)18-21(19,20)15-9-8-13(10-16-2)11-17-15/h3-9,11-12,16,18H,10H2,1-2H3. The molecule has 0 aliphatic rings.